The molecule has 1 saturated heterocycles. The minimum atomic E-state index is -3.55. The van der Waals surface area contributed by atoms with E-state index in [1.165, 1.54) is 15.6 Å². The summed E-state index contributed by atoms with van der Waals surface area (Å²) < 4.78 is 28.4. The maximum Gasteiger partial charge on any atom is 0.243 e. The number of aromatic nitrogens is 1. The number of hydrogen-bond donors (Lipinski definition) is 0. The number of rotatable bonds is 5. The zero-order valence-electron chi connectivity index (χ0n) is 17.9. The second-order valence-corrected chi connectivity index (χ2v) is 10.9. The molecular weight excluding hydrogens is 454 g/mol. The zero-order valence-corrected chi connectivity index (χ0v) is 19.5. The lowest BCUT2D eigenvalue weighted by Crippen LogP contribution is -2.43. The minimum absolute atomic E-state index is 0.0444. The largest absolute Gasteiger partial charge is 0.274 e. The molecule has 0 atom stereocenters. The number of sulfonamides is 1. The van der Waals surface area contributed by atoms with E-state index in [1.54, 1.807) is 35.2 Å². The Hall–Kier alpha value is -3.07. The third-order valence-electron chi connectivity index (χ3n) is 5.89. The highest BCUT2D eigenvalue weighted by atomic mass is 32.2. The molecule has 4 aromatic rings. The number of benzene rings is 3. The van der Waals surface area contributed by atoms with Gasteiger partial charge in [0.05, 0.1) is 20.8 Å². The number of hydrogen-bond acceptors (Lipinski definition) is 5. The number of carbonyl (C=O) groups excluding carboxylic acids is 1. The van der Waals surface area contributed by atoms with E-state index in [2.05, 4.69) is 0 Å². The van der Waals surface area contributed by atoms with Crippen LogP contribution < -0.4 is 4.90 Å². The van der Waals surface area contributed by atoms with Crippen LogP contribution in [-0.4, -0.2) is 36.7 Å². The van der Waals surface area contributed by atoms with Gasteiger partial charge in [0, 0.05) is 19.0 Å². The lowest BCUT2D eigenvalue weighted by Gasteiger charge is -2.33. The fourth-order valence-electron chi connectivity index (χ4n) is 4.13. The van der Waals surface area contributed by atoms with Crippen LogP contribution in [0, 0.1) is 5.92 Å². The van der Waals surface area contributed by atoms with Crippen LogP contribution >= 0.6 is 11.3 Å². The molecule has 8 heteroatoms. The van der Waals surface area contributed by atoms with Gasteiger partial charge >= 0.3 is 0 Å². The van der Waals surface area contributed by atoms with Crippen molar-refractivity contribution >= 4 is 48.3 Å². The van der Waals surface area contributed by atoms with E-state index in [0.717, 1.165) is 15.9 Å². The van der Waals surface area contributed by atoms with Crippen LogP contribution in [0.2, 0.25) is 0 Å². The highest BCUT2D eigenvalue weighted by molar-refractivity contribution is 7.89. The molecule has 1 aliphatic rings. The van der Waals surface area contributed by atoms with Gasteiger partial charge in [-0.3, -0.25) is 9.69 Å². The predicted molar refractivity (Wildman–Crippen MR) is 131 cm³/mol. The van der Waals surface area contributed by atoms with Gasteiger partial charge in [-0.05, 0) is 49.2 Å². The second kappa shape index (κ2) is 9.05. The maximum absolute atomic E-state index is 13.7. The number of fused-ring (bicyclic) bond motifs is 1. The first kappa shape index (κ1) is 21.8. The fourth-order valence-corrected chi connectivity index (χ4v) is 6.61. The quantitative estimate of drug-likeness (QED) is 0.403. The third-order valence-corrected chi connectivity index (χ3v) is 8.83. The highest BCUT2D eigenvalue weighted by Crippen LogP contribution is 2.36. The van der Waals surface area contributed by atoms with Crippen LogP contribution in [0.25, 0.3) is 10.2 Å². The van der Waals surface area contributed by atoms with Crippen molar-refractivity contribution in [1.29, 1.82) is 0 Å². The van der Waals surface area contributed by atoms with Crippen LogP contribution in [0.15, 0.2) is 89.8 Å². The van der Waals surface area contributed by atoms with Gasteiger partial charge in [-0.25, -0.2) is 13.4 Å². The van der Waals surface area contributed by atoms with E-state index in [4.69, 9.17) is 4.98 Å². The Morgan fingerprint density at radius 3 is 2.15 bits per heavy atom. The smallest absolute Gasteiger partial charge is 0.243 e. The molecule has 0 N–H and O–H groups in total. The molecule has 0 unspecified atom stereocenters. The Morgan fingerprint density at radius 2 is 1.48 bits per heavy atom. The van der Waals surface area contributed by atoms with Crippen LogP contribution in [0.4, 0.5) is 10.8 Å². The molecule has 6 nitrogen and oxygen atoms in total. The van der Waals surface area contributed by atoms with Crippen molar-refractivity contribution in [3.63, 3.8) is 0 Å². The number of piperidine rings is 1. The first-order valence-corrected chi connectivity index (χ1v) is 13.1. The van der Waals surface area contributed by atoms with Gasteiger partial charge in [0.25, 0.3) is 0 Å². The molecule has 0 bridgehead atoms. The summed E-state index contributed by atoms with van der Waals surface area (Å²) in [6.45, 7) is 0.631. The Bertz CT molecular complexity index is 1330. The van der Waals surface area contributed by atoms with Gasteiger partial charge in [-0.1, -0.05) is 59.9 Å². The number of amides is 1. The average molecular weight is 478 g/mol. The summed E-state index contributed by atoms with van der Waals surface area (Å²) in [7, 11) is -3.55. The monoisotopic (exact) mass is 477 g/mol. The maximum atomic E-state index is 13.7. The van der Waals surface area contributed by atoms with Gasteiger partial charge in [-0.2, -0.15) is 4.31 Å². The van der Waals surface area contributed by atoms with Crippen LogP contribution in [0.1, 0.15) is 12.8 Å². The first-order chi connectivity index (χ1) is 16.0. The molecule has 33 heavy (non-hydrogen) atoms. The molecule has 1 aromatic heterocycles. The number of para-hydroxylation sites is 2. The first-order valence-electron chi connectivity index (χ1n) is 10.8. The minimum Gasteiger partial charge on any atom is -0.274 e. The number of nitrogens with zero attached hydrogens (tertiary/aromatic N) is 3. The molecule has 0 aliphatic carbocycles. The van der Waals surface area contributed by atoms with E-state index >= 15 is 0 Å². The molecule has 0 spiro atoms. The molecule has 1 aliphatic heterocycles. The molecule has 5 rings (SSSR count). The zero-order chi connectivity index (χ0) is 22.8. The summed E-state index contributed by atoms with van der Waals surface area (Å²) in [6.07, 6.45) is 0.943. The molecular formula is C25H23N3O3S2. The molecule has 168 valence electrons. The Balaban J connectivity index is 1.39. The average Bonchev–Trinajstić information content (AvgIpc) is 3.29. The van der Waals surface area contributed by atoms with Crippen molar-refractivity contribution in [3.8, 4) is 0 Å². The summed E-state index contributed by atoms with van der Waals surface area (Å²) in [6, 6.07) is 25.8. The Morgan fingerprint density at radius 1 is 0.879 bits per heavy atom. The van der Waals surface area contributed by atoms with Crippen molar-refractivity contribution < 1.29 is 13.2 Å². The lowest BCUT2D eigenvalue weighted by molar-refractivity contribution is -0.122. The Labute approximate surface area is 197 Å². The van der Waals surface area contributed by atoms with Crippen molar-refractivity contribution in [2.24, 2.45) is 5.92 Å². The van der Waals surface area contributed by atoms with E-state index in [0.29, 0.717) is 31.1 Å². The van der Waals surface area contributed by atoms with Gasteiger partial charge in [-0.15, -0.1) is 0 Å². The summed E-state index contributed by atoms with van der Waals surface area (Å²) in [4.78, 5) is 20.4. The SMILES string of the molecule is O=C(C1CCN(S(=O)(=O)c2ccccc2)CC1)N(c1ccccc1)c1nc2ccccc2s1. The molecule has 1 fully saturated rings. The van der Waals surface area contributed by atoms with E-state index in [9.17, 15) is 13.2 Å². The van der Waals surface area contributed by atoms with Crippen molar-refractivity contribution in [1.82, 2.24) is 9.29 Å². The lowest BCUT2D eigenvalue weighted by atomic mass is 9.96. The topological polar surface area (TPSA) is 70.6 Å². The molecule has 3 aromatic carbocycles. The van der Waals surface area contributed by atoms with Gasteiger partial charge < -0.3 is 0 Å². The summed E-state index contributed by atoms with van der Waals surface area (Å²) in [5.41, 5.74) is 1.62. The number of carbonyl (C=O) groups is 1. The van der Waals surface area contributed by atoms with Crippen LogP contribution in [-0.2, 0) is 14.8 Å². The van der Waals surface area contributed by atoms with Crippen LogP contribution in [0.5, 0.6) is 0 Å². The normalized spacial score (nSPS) is 15.5. The van der Waals surface area contributed by atoms with Crippen LogP contribution in [0.3, 0.4) is 0 Å². The van der Waals surface area contributed by atoms with E-state index in [1.807, 2.05) is 54.6 Å². The van der Waals surface area contributed by atoms with E-state index < -0.39 is 10.0 Å². The number of anilines is 2. The summed E-state index contributed by atoms with van der Waals surface area (Å²) in [5.74, 6) is -0.323. The molecule has 2 heterocycles. The second-order valence-electron chi connectivity index (χ2n) is 7.96. The molecule has 1 amide bonds. The highest BCUT2D eigenvalue weighted by Gasteiger charge is 2.35. The third kappa shape index (κ3) is 4.29. The predicted octanol–water partition coefficient (Wildman–Crippen LogP) is 5.06. The van der Waals surface area contributed by atoms with Gasteiger partial charge in [0.2, 0.25) is 15.9 Å². The Kier molecular flexibility index (Phi) is 5.97. The summed E-state index contributed by atoms with van der Waals surface area (Å²) >= 11 is 1.48. The fraction of sp³-hybridized carbons (Fsp3) is 0.200. The molecule has 0 saturated carbocycles. The van der Waals surface area contributed by atoms with Crippen molar-refractivity contribution in [2.45, 2.75) is 17.7 Å². The molecule has 0 radical (unpaired) electrons. The van der Waals surface area contributed by atoms with Gasteiger partial charge in [0.15, 0.2) is 5.13 Å². The van der Waals surface area contributed by atoms with Gasteiger partial charge in [0.1, 0.15) is 0 Å². The van der Waals surface area contributed by atoms with Crippen molar-refractivity contribution in [3.05, 3.63) is 84.9 Å². The van der Waals surface area contributed by atoms with E-state index in [-0.39, 0.29) is 16.7 Å². The van der Waals surface area contributed by atoms with Crippen molar-refractivity contribution in [2.75, 3.05) is 18.0 Å². The number of thiazole rings is 1. The summed E-state index contributed by atoms with van der Waals surface area (Å²) in [5, 5.41) is 0.631. The standard InChI is InChI=1S/C25H23N3O3S2/c29-24(19-15-17-27(18-16-19)33(30,31)21-11-5-2-6-12-21)28(20-9-3-1-4-10-20)25-26-22-13-7-8-14-23(22)32-25/h1-14,19H,15-18H2.